The van der Waals surface area contributed by atoms with Gasteiger partial charge < -0.3 is 10.2 Å². The molecule has 110 valence electrons. The third-order valence-corrected chi connectivity index (χ3v) is 4.00. The lowest BCUT2D eigenvalue weighted by atomic mass is 10.1. The largest absolute Gasteiger partial charge is 0.338 e. The molecule has 5 nitrogen and oxygen atoms in total. The fourth-order valence-corrected chi connectivity index (χ4v) is 2.74. The molecule has 2 heterocycles. The lowest BCUT2D eigenvalue weighted by Gasteiger charge is -2.26. The smallest absolute Gasteiger partial charge is 0.219 e. The summed E-state index contributed by atoms with van der Waals surface area (Å²) in [6.45, 7) is 5.09. The molecule has 1 aromatic carbocycles. The standard InChI is InChI=1S/C16H20N4O/c1-11-4-6-13(7-5-11)17-16-14-10-20(12(2)21)9-8-15(14)19(3)18-16/h4-7H,8-10H2,1-3H3,(H,17,18). The molecular formula is C16H20N4O. The predicted molar refractivity (Wildman–Crippen MR) is 82.5 cm³/mol. The van der Waals surface area contributed by atoms with Crippen LogP contribution in [0, 0.1) is 6.92 Å². The second kappa shape index (κ2) is 5.24. The maximum Gasteiger partial charge on any atom is 0.219 e. The second-order valence-corrected chi connectivity index (χ2v) is 5.58. The SMILES string of the molecule is CC(=O)N1CCc2c(c(Nc3ccc(C)cc3)nn2C)C1. The van der Waals surface area contributed by atoms with Crippen LogP contribution in [0.25, 0.3) is 0 Å². The number of aryl methyl sites for hydroxylation is 2. The predicted octanol–water partition coefficient (Wildman–Crippen LogP) is 2.38. The molecular weight excluding hydrogens is 264 g/mol. The van der Waals surface area contributed by atoms with E-state index < -0.39 is 0 Å². The zero-order valence-corrected chi connectivity index (χ0v) is 12.7. The van der Waals surface area contributed by atoms with E-state index in [9.17, 15) is 4.79 Å². The Morgan fingerprint density at radius 3 is 2.67 bits per heavy atom. The van der Waals surface area contributed by atoms with Crippen molar-refractivity contribution in [1.82, 2.24) is 14.7 Å². The molecule has 0 saturated heterocycles. The minimum atomic E-state index is 0.116. The van der Waals surface area contributed by atoms with E-state index in [2.05, 4.69) is 29.5 Å². The molecule has 0 spiro atoms. The summed E-state index contributed by atoms with van der Waals surface area (Å²) < 4.78 is 1.92. The Hall–Kier alpha value is -2.30. The third kappa shape index (κ3) is 2.63. The molecule has 0 radical (unpaired) electrons. The van der Waals surface area contributed by atoms with Crippen LogP contribution in [-0.2, 0) is 24.8 Å². The van der Waals surface area contributed by atoms with Crippen LogP contribution in [-0.4, -0.2) is 27.1 Å². The van der Waals surface area contributed by atoms with E-state index in [4.69, 9.17) is 0 Å². The molecule has 0 aliphatic carbocycles. The van der Waals surface area contributed by atoms with Gasteiger partial charge in [-0.3, -0.25) is 9.48 Å². The molecule has 0 atom stereocenters. The van der Waals surface area contributed by atoms with Crippen LogP contribution >= 0.6 is 0 Å². The summed E-state index contributed by atoms with van der Waals surface area (Å²) in [4.78, 5) is 13.5. The van der Waals surface area contributed by atoms with Crippen molar-refractivity contribution in [1.29, 1.82) is 0 Å². The monoisotopic (exact) mass is 284 g/mol. The number of carbonyl (C=O) groups excluding carboxylic acids is 1. The van der Waals surface area contributed by atoms with Crippen molar-refractivity contribution < 1.29 is 4.79 Å². The van der Waals surface area contributed by atoms with Gasteiger partial charge in [-0.1, -0.05) is 17.7 Å². The van der Waals surface area contributed by atoms with Gasteiger partial charge in [-0.25, -0.2) is 0 Å². The summed E-state index contributed by atoms with van der Waals surface area (Å²) in [6.07, 6.45) is 0.855. The van der Waals surface area contributed by atoms with Gasteiger partial charge in [0.2, 0.25) is 5.91 Å². The number of amides is 1. The Kier molecular flexibility index (Phi) is 3.41. The fourth-order valence-electron chi connectivity index (χ4n) is 2.74. The minimum Gasteiger partial charge on any atom is -0.338 e. The highest BCUT2D eigenvalue weighted by Gasteiger charge is 2.25. The number of benzene rings is 1. The van der Waals surface area contributed by atoms with E-state index in [0.717, 1.165) is 30.0 Å². The highest BCUT2D eigenvalue weighted by molar-refractivity contribution is 5.74. The summed E-state index contributed by atoms with van der Waals surface area (Å²) in [5, 5.41) is 7.94. The van der Waals surface area contributed by atoms with Gasteiger partial charge in [-0.05, 0) is 19.1 Å². The number of hydrogen-bond acceptors (Lipinski definition) is 3. The van der Waals surface area contributed by atoms with Crippen LogP contribution in [0.4, 0.5) is 11.5 Å². The van der Waals surface area contributed by atoms with Crippen molar-refractivity contribution in [2.24, 2.45) is 7.05 Å². The number of fused-ring (bicyclic) bond motifs is 1. The molecule has 0 bridgehead atoms. The Morgan fingerprint density at radius 1 is 1.29 bits per heavy atom. The van der Waals surface area contributed by atoms with Crippen molar-refractivity contribution in [2.75, 3.05) is 11.9 Å². The van der Waals surface area contributed by atoms with E-state index in [1.165, 1.54) is 11.3 Å². The van der Waals surface area contributed by atoms with Gasteiger partial charge in [0.05, 0.1) is 6.54 Å². The van der Waals surface area contributed by atoms with Crippen molar-refractivity contribution in [3.8, 4) is 0 Å². The lowest BCUT2D eigenvalue weighted by Crippen LogP contribution is -2.34. The average Bonchev–Trinajstić information content (AvgIpc) is 2.77. The van der Waals surface area contributed by atoms with E-state index in [-0.39, 0.29) is 5.91 Å². The molecule has 3 rings (SSSR count). The summed E-state index contributed by atoms with van der Waals surface area (Å²) in [5.74, 6) is 0.966. The Labute approximate surface area is 124 Å². The summed E-state index contributed by atoms with van der Waals surface area (Å²) in [5.41, 5.74) is 4.58. The Morgan fingerprint density at radius 2 is 2.00 bits per heavy atom. The number of aromatic nitrogens is 2. The first-order chi connectivity index (χ1) is 10.0. The fraction of sp³-hybridized carbons (Fsp3) is 0.375. The molecule has 2 aromatic rings. The van der Waals surface area contributed by atoms with Crippen molar-refractivity contribution in [3.05, 3.63) is 41.1 Å². The third-order valence-electron chi connectivity index (χ3n) is 4.00. The van der Waals surface area contributed by atoms with Crippen molar-refractivity contribution >= 4 is 17.4 Å². The number of nitrogens with one attached hydrogen (secondary N) is 1. The molecule has 1 amide bonds. The van der Waals surface area contributed by atoms with Crippen LogP contribution in [0.15, 0.2) is 24.3 Å². The molecule has 21 heavy (non-hydrogen) atoms. The molecule has 0 fully saturated rings. The highest BCUT2D eigenvalue weighted by Crippen LogP contribution is 2.28. The van der Waals surface area contributed by atoms with E-state index in [0.29, 0.717) is 6.54 Å². The van der Waals surface area contributed by atoms with Gasteiger partial charge in [0, 0.05) is 43.9 Å². The topological polar surface area (TPSA) is 50.2 Å². The summed E-state index contributed by atoms with van der Waals surface area (Å²) >= 11 is 0. The molecule has 1 aliphatic rings. The quantitative estimate of drug-likeness (QED) is 0.921. The first kappa shape index (κ1) is 13.7. The normalized spacial score (nSPS) is 14.0. The van der Waals surface area contributed by atoms with Gasteiger partial charge in [-0.2, -0.15) is 5.10 Å². The summed E-state index contributed by atoms with van der Waals surface area (Å²) in [7, 11) is 1.96. The second-order valence-electron chi connectivity index (χ2n) is 5.58. The number of carbonyl (C=O) groups is 1. The van der Waals surface area contributed by atoms with Gasteiger partial charge >= 0.3 is 0 Å². The van der Waals surface area contributed by atoms with Crippen LogP contribution in [0.3, 0.4) is 0 Å². The maximum atomic E-state index is 11.6. The van der Waals surface area contributed by atoms with Gasteiger partial charge in [-0.15, -0.1) is 0 Å². The van der Waals surface area contributed by atoms with Crippen LogP contribution in [0.5, 0.6) is 0 Å². The Balaban J connectivity index is 1.90. The zero-order chi connectivity index (χ0) is 15.0. The number of anilines is 2. The Bertz CT molecular complexity index is 672. The minimum absolute atomic E-state index is 0.116. The highest BCUT2D eigenvalue weighted by atomic mass is 16.2. The molecule has 1 N–H and O–H groups in total. The molecule has 1 aromatic heterocycles. The maximum absolute atomic E-state index is 11.6. The van der Waals surface area contributed by atoms with E-state index in [1.54, 1.807) is 6.92 Å². The first-order valence-electron chi connectivity index (χ1n) is 7.18. The van der Waals surface area contributed by atoms with Gasteiger partial charge in [0.1, 0.15) is 0 Å². The molecule has 0 saturated carbocycles. The molecule has 5 heteroatoms. The van der Waals surface area contributed by atoms with Crippen LogP contribution < -0.4 is 5.32 Å². The van der Waals surface area contributed by atoms with E-state index in [1.807, 2.05) is 28.8 Å². The number of hydrogen-bond donors (Lipinski definition) is 1. The zero-order valence-electron chi connectivity index (χ0n) is 12.7. The lowest BCUT2D eigenvalue weighted by molar-refractivity contribution is -0.129. The molecule has 1 aliphatic heterocycles. The summed E-state index contributed by atoms with van der Waals surface area (Å²) in [6, 6.07) is 8.23. The van der Waals surface area contributed by atoms with Gasteiger partial charge in [0.25, 0.3) is 0 Å². The van der Waals surface area contributed by atoms with Crippen LogP contribution in [0.2, 0.25) is 0 Å². The van der Waals surface area contributed by atoms with Crippen molar-refractivity contribution in [3.63, 3.8) is 0 Å². The van der Waals surface area contributed by atoms with Crippen LogP contribution in [0.1, 0.15) is 23.7 Å². The first-order valence-corrected chi connectivity index (χ1v) is 7.18. The number of rotatable bonds is 2. The molecule has 0 unspecified atom stereocenters. The van der Waals surface area contributed by atoms with E-state index >= 15 is 0 Å². The number of nitrogens with zero attached hydrogens (tertiary/aromatic N) is 3. The van der Waals surface area contributed by atoms with Crippen molar-refractivity contribution in [2.45, 2.75) is 26.8 Å². The average molecular weight is 284 g/mol. The van der Waals surface area contributed by atoms with Gasteiger partial charge in [0.15, 0.2) is 5.82 Å².